The van der Waals surface area contributed by atoms with Crippen LogP contribution < -0.4 is 5.32 Å². The lowest BCUT2D eigenvalue weighted by molar-refractivity contribution is -0.118. The van der Waals surface area contributed by atoms with Crippen molar-refractivity contribution in [3.8, 4) is 0 Å². The van der Waals surface area contributed by atoms with Crippen molar-refractivity contribution in [3.05, 3.63) is 22.0 Å². The molecular formula is C10H13BrNO2. The van der Waals surface area contributed by atoms with Crippen LogP contribution in [0.15, 0.2) is 22.0 Å². The molecule has 0 aromatic heterocycles. The maximum atomic E-state index is 11.6. The van der Waals surface area contributed by atoms with E-state index in [0.717, 1.165) is 0 Å². The number of carbonyl (C=O) groups excluding carboxylic acids is 1. The molecule has 0 aliphatic carbocycles. The number of rotatable bonds is 1. The summed E-state index contributed by atoms with van der Waals surface area (Å²) in [5.41, 5.74) is 0.411. The Hall–Kier alpha value is -0.770. The molecule has 0 aromatic rings. The number of hydrogen-bond acceptors (Lipinski definition) is 2. The predicted octanol–water partition coefficient (Wildman–Crippen LogP) is 2.31. The zero-order chi connectivity index (χ0) is 10.9. The van der Waals surface area contributed by atoms with E-state index in [1.54, 1.807) is 7.11 Å². The third-order valence-electron chi connectivity index (χ3n) is 1.92. The van der Waals surface area contributed by atoms with Crippen molar-refractivity contribution in [1.82, 2.24) is 5.32 Å². The van der Waals surface area contributed by atoms with E-state index in [1.807, 2.05) is 20.8 Å². The Labute approximate surface area is 92.3 Å². The first kappa shape index (κ1) is 11.3. The van der Waals surface area contributed by atoms with Crippen molar-refractivity contribution < 1.29 is 9.53 Å². The number of allylic oxidation sites excluding steroid dienone is 1. The molecule has 14 heavy (non-hydrogen) atoms. The molecule has 1 radical (unpaired) electrons. The van der Waals surface area contributed by atoms with E-state index in [1.165, 1.54) is 6.20 Å². The van der Waals surface area contributed by atoms with Gasteiger partial charge in [0.2, 0.25) is 0 Å². The van der Waals surface area contributed by atoms with Gasteiger partial charge in [0, 0.05) is 5.57 Å². The largest absolute Gasteiger partial charge is 0.494 e. The van der Waals surface area contributed by atoms with E-state index in [2.05, 4.69) is 21.2 Å². The van der Waals surface area contributed by atoms with Crippen molar-refractivity contribution in [2.75, 3.05) is 7.11 Å². The Morgan fingerprint density at radius 3 is 2.43 bits per heavy atom. The highest BCUT2D eigenvalue weighted by molar-refractivity contribution is 9.12. The van der Waals surface area contributed by atoms with Crippen LogP contribution in [0, 0.1) is 5.41 Å². The molecule has 1 aliphatic heterocycles. The van der Waals surface area contributed by atoms with Gasteiger partial charge in [0.15, 0.2) is 5.76 Å². The molecule has 0 saturated carbocycles. The van der Waals surface area contributed by atoms with Crippen LogP contribution in [0.1, 0.15) is 20.8 Å². The summed E-state index contributed by atoms with van der Waals surface area (Å²) >= 11 is 3.36. The fourth-order valence-corrected chi connectivity index (χ4v) is 2.28. The van der Waals surface area contributed by atoms with Gasteiger partial charge in [0.25, 0.3) is 5.91 Å². The van der Waals surface area contributed by atoms with Crippen LogP contribution in [0.5, 0.6) is 0 Å². The summed E-state index contributed by atoms with van der Waals surface area (Å²) < 4.78 is 5.79. The van der Waals surface area contributed by atoms with Crippen molar-refractivity contribution in [1.29, 1.82) is 0 Å². The Balaban J connectivity index is 3.21. The number of halogens is 1. The van der Waals surface area contributed by atoms with Crippen LogP contribution in [-0.4, -0.2) is 13.0 Å². The minimum atomic E-state index is -0.239. The SMILES string of the molecule is COC1=C[N]C(=O)C(C(C)(C)C)=C1Br. The van der Waals surface area contributed by atoms with Gasteiger partial charge in [-0.3, -0.25) is 4.79 Å². The highest BCUT2D eigenvalue weighted by Gasteiger charge is 2.31. The second-order valence-electron chi connectivity index (χ2n) is 4.07. The molecule has 0 saturated heterocycles. The minimum Gasteiger partial charge on any atom is -0.494 e. The van der Waals surface area contributed by atoms with Gasteiger partial charge in [-0.15, -0.1) is 0 Å². The molecule has 1 rings (SSSR count). The molecule has 0 fully saturated rings. The molecule has 1 amide bonds. The van der Waals surface area contributed by atoms with Gasteiger partial charge in [-0.25, -0.2) is 5.32 Å². The van der Waals surface area contributed by atoms with E-state index < -0.39 is 0 Å². The highest BCUT2D eigenvalue weighted by Crippen LogP contribution is 2.36. The second kappa shape index (κ2) is 3.77. The summed E-state index contributed by atoms with van der Waals surface area (Å²) in [6.45, 7) is 5.90. The first-order valence-corrected chi connectivity index (χ1v) is 5.07. The molecule has 0 spiro atoms. The van der Waals surface area contributed by atoms with Crippen LogP contribution in [0.3, 0.4) is 0 Å². The Bertz CT molecular complexity index is 324. The fraction of sp³-hybridized carbons (Fsp3) is 0.500. The maximum absolute atomic E-state index is 11.6. The lowest BCUT2D eigenvalue weighted by Gasteiger charge is -2.25. The number of ether oxygens (including phenoxy) is 1. The lowest BCUT2D eigenvalue weighted by atomic mass is 9.84. The summed E-state index contributed by atoms with van der Waals surface area (Å²) in [5.74, 6) is 0.389. The third kappa shape index (κ3) is 2.00. The van der Waals surface area contributed by atoms with Gasteiger partial charge in [0.1, 0.15) is 0 Å². The zero-order valence-electron chi connectivity index (χ0n) is 8.72. The molecule has 1 heterocycles. The molecule has 0 N–H and O–H groups in total. The standard InChI is InChI=1S/C10H13BrNO2/c1-10(2,3)7-8(11)6(14-4)5-12-9(7)13/h5H,1-4H3. The van der Waals surface area contributed by atoms with Gasteiger partial charge in [-0.05, 0) is 21.3 Å². The Kier molecular flexibility index (Phi) is 3.04. The summed E-state index contributed by atoms with van der Waals surface area (Å²) in [7, 11) is 1.55. The average Bonchev–Trinajstić information content (AvgIpc) is 2.02. The average molecular weight is 259 g/mol. The number of methoxy groups -OCH3 is 1. The smallest absolute Gasteiger partial charge is 0.274 e. The van der Waals surface area contributed by atoms with Gasteiger partial charge in [-0.1, -0.05) is 20.8 Å². The number of hydrogen-bond donors (Lipinski definition) is 0. The number of nitrogens with zero attached hydrogens (tertiary/aromatic N) is 1. The van der Waals surface area contributed by atoms with Gasteiger partial charge in [0.05, 0.1) is 17.8 Å². The van der Waals surface area contributed by atoms with Crippen molar-refractivity contribution in [2.45, 2.75) is 20.8 Å². The van der Waals surface area contributed by atoms with Gasteiger partial charge < -0.3 is 4.74 Å². The number of amides is 1. The Morgan fingerprint density at radius 2 is 2.00 bits per heavy atom. The summed E-state index contributed by atoms with van der Waals surface area (Å²) in [5, 5.41) is 3.77. The molecule has 0 atom stereocenters. The third-order valence-corrected chi connectivity index (χ3v) is 2.71. The topological polar surface area (TPSA) is 40.4 Å². The molecule has 77 valence electrons. The van der Waals surface area contributed by atoms with E-state index in [-0.39, 0.29) is 11.3 Å². The normalized spacial score (nSPS) is 17.8. The van der Waals surface area contributed by atoms with Crippen molar-refractivity contribution in [3.63, 3.8) is 0 Å². The van der Waals surface area contributed by atoms with E-state index in [0.29, 0.717) is 15.8 Å². The molecular weight excluding hydrogens is 246 g/mol. The number of carbonyl (C=O) groups is 1. The highest BCUT2D eigenvalue weighted by atomic mass is 79.9. The van der Waals surface area contributed by atoms with Gasteiger partial charge >= 0.3 is 0 Å². The molecule has 0 aromatic carbocycles. The quantitative estimate of drug-likeness (QED) is 0.725. The molecule has 4 heteroatoms. The zero-order valence-corrected chi connectivity index (χ0v) is 10.3. The van der Waals surface area contributed by atoms with E-state index >= 15 is 0 Å². The molecule has 0 unspecified atom stereocenters. The lowest BCUT2D eigenvalue weighted by Crippen LogP contribution is -2.27. The van der Waals surface area contributed by atoms with Crippen molar-refractivity contribution in [2.24, 2.45) is 5.41 Å². The minimum absolute atomic E-state index is 0.204. The van der Waals surface area contributed by atoms with E-state index in [4.69, 9.17) is 4.74 Å². The predicted molar refractivity (Wildman–Crippen MR) is 57.6 cm³/mol. The first-order valence-electron chi connectivity index (χ1n) is 4.28. The molecule has 0 bridgehead atoms. The maximum Gasteiger partial charge on any atom is 0.274 e. The van der Waals surface area contributed by atoms with Crippen LogP contribution in [-0.2, 0) is 9.53 Å². The summed E-state index contributed by atoms with van der Waals surface area (Å²) in [4.78, 5) is 11.6. The second-order valence-corrected chi connectivity index (χ2v) is 4.86. The van der Waals surface area contributed by atoms with Crippen molar-refractivity contribution >= 4 is 21.8 Å². The monoisotopic (exact) mass is 258 g/mol. The van der Waals surface area contributed by atoms with Crippen LogP contribution >= 0.6 is 15.9 Å². The molecule has 3 nitrogen and oxygen atoms in total. The summed E-state index contributed by atoms with van der Waals surface area (Å²) in [6.07, 6.45) is 1.43. The molecule has 1 aliphatic rings. The van der Waals surface area contributed by atoms with Gasteiger partial charge in [-0.2, -0.15) is 0 Å². The van der Waals surface area contributed by atoms with Crippen LogP contribution in [0.2, 0.25) is 0 Å². The summed E-state index contributed by atoms with van der Waals surface area (Å²) in [6, 6.07) is 0. The fourth-order valence-electron chi connectivity index (χ4n) is 1.25. The Morgan fingerprint density at radius 1 is 1.43 bits per heavy atom. The van der Waals surface area contributed by atoms with Crippen LogP contribution in [0.4, 0.5) is 0 Å². The first-order chi connectivity index (χ1) is 6.38. The van der Waals surface area contributed by atoms with E-state index in [9.17, 15) is 4.79 Å². The van der Waals surface area contributed by atoms with Crippen LogP contribution in [0.25, 0.3) is 0 Å².